The second-order valence-corrected chi connectivity index (χ2v) is 7.53. The SMILES string of the molecule is O=S1(=O)N=C(SCc2cccc(F)c2)Nc2ccc(Cl)cc21. The van der Waals surface area contributed by atoms with Gasteiger partial charge in [-0.3, -0.25) is 0 Å². The molecule has 1 N–H and O–H groups in total. The molecule has 22 heavy (non-hydrogen) atoms. The Hall–Kier alpha value is -1.57. The zero-order chi connectivity index (χ0) is 15.7. The molecule has 4 nitrogen and oxygen atoms in total. The summed E-state index contributed by atoms with van der Waals surface area (Å²) >= 11 is 7.00. The first-order valence-electron chi connectivity index (χ1n) is 6.23. The predicted molar refractivity (Wildman–Crippen MR) is 87.4 cm³/mol. The molecular weight excluding hydrogens is 347 g/mol. The summed E-state index contributed by atoms with van der Waals surface area (Å²) in [4.78, 5) is 0.0510. The maximum Gasteiger partial charge on any atom is 0.286 e. The van der Waals surface area contributed by atoms with Crippen molar-refractivity contribution < 1.29 is 12.8 Å². The number of sulfonamides is 1. The summed E-state index contributed by atoms with van der Waals surface area (Å²) in [6, 6.07) is 10.7. The highest BCUT2D eigenvalue weighted by Gasteiger charge is 2.25. The monoisotopic (exact) mass is 356 g/mol. The second-order valence-electron chi connectivity index (χ2n) is 4.56. The van der Waals surface area contributed by atoms with E-state index in [0.717, 1.165) is 5.56 Å². The van der Waals surface area contributed by atoms with Crippen molar-refractivity contribution in [1.29, 1.82) is 0 Å². The molecular formula is C14H10ClFN2O2S2. The molecule has 8 heteroatoms. The van der Waals surface area contributed by atoms with Gasteiger partial charge in [0.1, 0.15) is 10.7 Å². The largest absolute Gasteiger partial charge is 0.333 e. The van der Waals surface area contributed by atoms with Crippen LogP contribution in [0.15, 0.2) is 51.8 Å². The summed E-state index contributed by atoms with van der Waals surface area (Å²) in [5, 5.41) is 3.52. The Balaban J connectivity index is 1.82. The average molecular weight is 357 g/mol. The molecule has 2 aromatic rings. The van der Waals surface area contributed by atoms with E-state index in [2.05, 4.69) is 9.71 Å². The van der Waals surface area contributed by atoms with Gasteiger partial charge in [0.2, 0.25) is 0 Å². The van der Waals surface area contributed by atoms with Crippen molar-refractivity contribution in [3.05, 3.63) is 58.9 Å². The van der Waals surface area contributed by atoms with Gasteiger partial charge in [0.25, 0.3) is 10.0 Å². The lowest BCUT2D eigenvalue weighted by Crippen LogP contribution is -2.19. The van der Waals surface area contributed by atoms with Gasteiger partial charge in [0, 0.05) is 10.8 Å². The van der Waals surface area contributed by atoms with Gasteiger partial charge in [-0.05, 0) is 35.9 Å². The van der Waals surface area contributed by atoms with Gasteiger partial charge in [-0.2, -0.15) is 8.42 Å². The molecule has 0 bridgehead atoms. The molecule has 1 aliphatic rings. The molecule has 0 saturated carbocycles. The minimum absolute atomic E-state index is 0.0510. The van der Waals surface area contributed by atoms with Crippen molar-refractivity contribution in [2.45, 2.75) is 10.6 Å². The van der Waals surface area contributed by atoms with Crippen LogP contribution in [0.2, 0.25) is 5.02 Å². The zero-order valence-electron chi connectivity index (χ0n) is 11.1. The third kappa shape index (κ3) is 3.26. The standard InChI is InChI=1S/C14H10ClFN2O2S2/c15-10-4-5-12-13(7-10)22(19,20)18-14(17-12)21-8-9-2-1-3-11(16)6-9/h1-7H,8H2,(H,17,18). The lowest BCUT2D eigenvalue weighted by atomic mass is 10.2. The van der Waals surface area contributed by atoms with Gasteiger partial charge >= 0.3 is 0 Å². The summed E-state index contributed by atoms with van der Waals surface area (Å²) in [6.07, 6.45) is 0. The number of nitrogens with zero attached hydrogens (tertiary/aromatic N) is 1. The van der Waals surface area contributed by atoms with E-state index in [0.29, 0.717) is 16.5 Å². The average Bonchev–Trinajstić information content (AvgIpc) is 2.46. The Kier molecular flexibility index (Phi) is 4.12. The minimum Gasteiger partial charge on any atom is -0.333 e. The van der Waals surface area contributed by atoms with Crippen LogP contribution in [0.25, 0.3) is 0 Å². The summed E-state index contributed by atoms with van der Waals surface area (Å²) in [5.41, 5.74) is 1.18. The number of benzene rings is 2. The molecule has 0 fully saturated rings. The van der Waals surface area contributed by atoms with E-state index >= 15 is 0 Å². The molecule has 1 heterocycles. The van der Waals surface area contributed by atoms with Crippen LogP contribution in [0.1, 0.15) is 5.56 Å². The molecule has 0 radical (unpaired) electrons. The van der Waals surface area contributed by atoms with Crippen LogP contribution in [0.4, 0.5) is 10.1 Å². The highest BCUT2D eigenvalue weighted by molar-refractivity contribution is 8.14. The summed E-state index contributed by atoms with van der Waals surface area (Å²) in [6.45, 7) is 0. The van der Waals surface area contributed by atoms with E-state index in [1.165, 1.54) is 30.0 Å². The van der Waals surface area contributed by atoms with Crippen LogP contribution in [0.5, 0.6) is 0 Å². The number of rotatable bonds is 2. The van der Waals surface area contributed by atoms with Gasteiger partial charge in [0.05, 0.1) is 5.69 Å². The van der Waals surface area contributed by atoms with Crippen LogP contribution in [0.3, 0.4) is 0 Å². The summed E-state index contributed by atoms with van der Waals surface area (Å²) in [7, 11) is -3.78. The third-order valence-corrected chi connectivity index (χ3v) is 5.54. The first-order valence-corrected chi connectivity index (χ1v) is 9.03. The quantitative estimate of drug-likeness (QED) is 0.887. The van der Waals surface area contributed by atoms with Crippen molar-refractivity contribution >= 4 is 44.2 Å². The molecule has 0 spiro atoms. The van der Waals surface area contributed by atoms with E-state index < -0.39 is 10.0 Å². The van der Waals surface area contributed by atoms with E-state index in [1.54, 1.807) is 24.3 Å². The van der Waals surface area contributed by atoms with Gasteiger partial charge in [-0.15, -0.1) is 4.40 Å². The van der Waals surface area contributed by atoms with Gasteiger partial charge in [-0.25, -0.2) is 4.39 Å². The molecule has 3 rings (SSSR count). The number of fused-ring (bicyclic) bond motifs is 1. The number of hydrogen-bond acceptors (Lipinski definition) is 4. The van der Waals surface area contributed by atoms with Crippen LogP contribution in [-0.2, 0) is 15.8 Å². The lowest BCUT2D eigenvalue weighted by molar-refractivity contribution is 0.598. The molecule has 0 saturated heterocycles. The predicted octanol–water partition coefficient (Wildman–Crippen LogP) is 3.88. The van der Waals surface area contributed by atoms with Crippen molar-refractivity contribution in [2.24, 2.45) is 4.40 Å². The Morgan fingerprint density at radius 2 is 2.05 bits per heavy atom. The number of thioether (sulfide) groups is 1. The van der Waals surface area contributed by atoms with Crippen LogP contribution in [-0.4, -0.2) is 13.6 Å². The number of anilines is 1. The molecule has 1 aliphatic heterocycles. The molecule has 0 unspecified atom stereocenters. The maximum atomic E-state index is 13.1. The minimum atomic E-state index is -3.78. The highest BCUT2D eigenvalue weighted by atomic mass is 35.5. The number of amidine groups is 1. The van der Waals surface area contributed by atoms with E-state index in [9.17, 15) is 12.8 Å². The third-order valence-electron chi connectivity index (χ3n) is 2.93. The first kappa shape index (κ1) is 15.3. The fourth-order valence-electron chi connectivity index (χ4n) is 1.95. The van der Waals surface area contributed by atoms with Crippen LogP contribution < -0.4 is 5.32 Å². The van der Waals surface area contributed by atoms with E-state index in [-0.39, 0.29) is 15.9 Å². The maximum absolute atomic E-state index is 13.1. The smallest absolute Gasteiger partial charge is 0.286 e. The number of hydrogen-bond donors (Lipinski definition) is 1. The fraction of sp³-hybridized carbons (Fsp3) is 0.0714. The van der Waals surface area contributed by atoms with Crippen LogP contribution in [0, 0.1) is 5.82 Å². The van der Waals surface area contributed by atoms with Crippen molar-refractivity contribution in [3.8, 4) is 0 Å². The van der Waals surface area contributed by atoms with Gasteiger partial charge in [-0.1, -0.05) is 35.5 Å². The molecule has 0 aliphatic carbocycles. The molecule has 0 aromatic heterocycles. The number of halogens is 2. The van der Waals surface area contributed by atoms with Crippen molar-refractivity contribution in [3.63, 3.8) is 0 Å². The Bertz CT molecular complexity index is 869. The normalized spacial score (nSPS) is 15.6. The molecule has 0 atom stereocenters. The summed E-state index contributed by atoms with van der Waals surface area (Å²) in [5.74, 6) is 0.0754. The second kappa shape index (κ2) is 5.91. The Morgan fingerprint density at radius 3 is 2.82 bits per heavy atom. The fourth-order valence-corrected chi connectivity index (χ4v) is 4.39. The Labute approximate surface area is 136 Å². The number of nitrogens with one attached hydrogen (secondary N) is 1. The van der Waals surface area contributed by atoms with Crippen LogP contribution >= 0.6 is 23.4 Å². The van der Waals surface area contributed by atoms with Gasteiger partial charge in [0.15, 0.2) is 5.17 Å². The molecule has 114 valence electrons. The Morgan fingerprint density at radius 1 is 1.23 bits per heavy atom. The first-order chi connectivity index (χ1) is 10.4. The topological polar surface area (TPSA) is 58.5 Å². The lowest BCUT2D eigenvalue weighted by Gasteiger charge is -2.17. The van der Waals surface area contributed by atoms with E-state index in [1.807, 2.05) is 0 Å². The molecule has 0 amide bonds. The van der Waals surface area contributed by atoms with Crippen molar-refractivity contribution in [2.75, 3.05) is 5.32 Å². The van der Waals surface area contributed by atoms with E-state index in [4.69, 9.17) is 11.6 Å². The zero-order valence-corrected chi connectivity index (χ0v) is 13.5. The highest BCUT2D eigenvalue weighted by Crippen LogP contribution is 2.32. The van der Waals surface area contributed by atoms with Gasteiger partial charge < -0.3 is 5.32 Å². The molecule has 2 aromatic carbocycles. The summed E-state index contributed by atoms with van der Waals surface area (Å²) < 4.78 is 41.1. The van der Waals surface area contributed by atoms with Crippen molar-refractivity contribution in [1.82, 2.24) is 0 Å².